The summed E-state index contributed by atoms with van der Waals surface area (Å²) in [6.45, 7) is 3.60. The Labute approximate surface area is 92.5 Å². The molecule has 1 aromatic heterocycles. The van der Waals surface area contributed by atoms with E-state index in [1.807, 2.05) is 6.92 Å². The van der Waals surface area contributed by atoms with Gasteiger partial charge in [-0.2, -0.15) is 4.37 Å². The van der Waals surface area contributed by atoms with Gasteiger partial charge in [0, 0.05) is 18.1 Å². The Morgan fingerprint density at radius 1 is 1.67 bits per heavy atom. The van der Waals surface area contributed by atoms with Gasteiger partial charge in [-0.15, -0.1) is 0 Å². The molecule has 82 valence electrons. The summed E-state index contributed by atoms with van der Waals surface area (Å²) in [5.41, 5.74) is 0. The molecule has 1 atom stereocenters. The molecule has 1 aliphatic rings. The van der Waals surface area contributed by atoms with Crippen LogP contribution in [0.2, 0.25) is 0 Å². The van der Waals surface area contributed by atoms with Crippen LogP contribution in [-0.2, 0) is 4.79 Å². The molecule has 1 saturated heterocycles. The Kier molecular flexibility index (Phi) is 3.27. The van der Waals surface area contributed by atoms with E-state index in [0.29, 0.717) is 11.0 Å². The second-order valence-corrected chi connectivity index (χ2v) is 4.43. The summed E-state index contributed by atoms with van der Waals surface area (Å²) in [6, 6.07) is 0. The molecule has 1 aliphatic heterocycles. The summed E-state index contributed by atoms with van der Waals surface area (Å²) in [5.74, 6) is 0.832. The number of amides is 1. The molecular weight excluding hydrogens is 212 g/mol. The summed E-state index contributed by atoms with van der Waals surface area (Å²) < 4.78 is 4.02. The van der Waals surface area contributed by atoms with Gasteiger partial charge in [0.25, 0.3) is 0 Å². The van der Waals surface area contributed by atoms with Crippen molar-refractivity contribution >= 4 is 22.6 Å². The van der Waals surface area contributed by atoms with Gasteiger partial charge in [0.15, 0.2) is 0 Å². The predicted octanol–water partition coefficient (Wildman–Crippen LogP) is 0.785. The molecule has 2 N–H and O–H groups in total. The lowest BCUT2D eigenvalue weighted by atomic mass is 9.99. The monoisotopic (exact) mass is 226 g/mol. The van der Waals surface area contributed by atoms with Gasteiger partial charge in [0.1, 0.15) is 5.82 Å². The van der Waals surface area contributed by atoms with Crippen molar-refractivity contribution in [3.63, 3.8) is 0 Å². The summed E-state index contributed by atoms with van der Waals surface area (Å²) in [6.07, 6.45) is 2.02. The molecule has 2 heterocycles. The van der Waals surface area contributed by atoms with Crippen LogP contribution in [0, 0.1) is 12.8 Å². The molecule has 0 spiro atoms. The molecule has 0 radical (unpaired) electrons. The standard InChI is InChI=1S/C9H14N4OS/c1-6-11-9(15-13-6)12-8(14)7-3-2-4-10-5-7/h7,10H,2-5H2,1H3,(H,11,12,13,14)/t7-/m1/s1. The van der Waals surface area contributed by atoms with E-state index in [2.05, 4.69) is 20.0 Å². The van der Waals surface area contributed by atoms with Gasteiger partial charge < -0.3 is 10.6 Å². The number of nitrogens with zero attached hydrogens (tertiary/aromatic N) is 2. The van der Waals surface area contributed by atoms with Crippen LogP contribution in [0.25, 0.3) is 0 Å². The molecule has 0 unspecified atom stereocenters. The van der Waals surface area contributed by atoms with E-state index in [4.69, 9.17) is 0 Å². The van der Waals surface area contributed by atoms with Gasteiger partial charge >= 0.3 is 0 Å². The zero-order valence-electron chi connectivity index (χ0n) is 8.62. The van der Waals surface area contributed by atoms with Crippen molar-refractivity contribution in [1.82, 2.24) is 14.7 Å². The molecule has 0 aromatic carbocycles. The minimum Gasteiger partial charge on any atom is -0.316 e. The average Bonchev–Trinajstić information content (AvgIpc) is 2.65. The summed E-state index contributed by atoms with van der Waals surface area (Å²) in [5, 5.41) is 6.61. The zero-order valence-corrected chi connectivity index (χ0v) is 9.43. The van der Waals surface area contributed by atoms with Gasteiger partial charge in [-0.3, -0.25) is 4.79 Å². The number of anilines is 1. The van der Waals surface area contributed by atoms with Gasteiger partial charge in [-0.25, -0.2) is 4.98 Å². The number of nitrogens with one attached hydrogen (secondary N) is 2. The maximum absolute atomic E-state index is 11.8. The molecule has 0 bridgehead atoms. The number of rotatable bonds is 2. The van der Waals surface area contributed by atoms with Crippen molar-refractivity contribution < 1.29 is 4.79 Å². The Morgan fingerprint density at radius 3 is 3.13 bits per heavy atom. The highest BCUT2D eigenvalue weighted by Gasteiger charge is 2.21. The van der Waals surface area contributed by atoms with Crippen molar-refractivity contribution in [3.05, 3.63) is 5.82 Å². The Hall–Kier alpha value is -1.01. The maximum Gasteiger partial charge on any atom is 0.230 e. The van der Waals surface area contributed by atoms with E-state index >= 15 is 0 Å². The van der Waals surface area contributed by atoms with Crippen LogP contribution >= 0.6 is 11.5 Å². The number of carbonyl (C=O) groups is 1. The van der Waals surface area contributed by atoms with Crippen LogP contribution in [-0.4, -0.2) is 28.4 Å². The van der Waals surface area contributed by atoms with Crippen molar-refractivity contribution in [3.8, 4) is 0 Å². The molecule has 0 saturated carbocycles. The highest BCUT2D eigenvalue weighted by Crippen LogP contribution is 2.15. The third-order valence-corrected chi connectivity index (χ3v) is 3.15. The number of aromatic nitrogens is 2. The Morgan fingerprint density at radius 2 is 2.53 bits per heavy atom. The molecule has 6 heteroatoms. The summed E-state index contributed by atoms with van der Waals surface area (Å²) in [4.78, 5) is 15.9. The number of hydrogen-bond donors (Lipinski definition) is 2. The van der Waals surface area contributed by atoms with Crippen LogP contribution in [0.1, 0.15) is 18.7 Å². The largest absolute Gasteiger partial charge is 0.316 e. The number of carbonyl (C=O) groups excluding carboxylic acids is 1. The number of hydrogen-bond acceptors (Lipinski definition) is 5. The molecule has 2 rings (SSSR count). The second-order valence-electron chi connectivity index (χ2n) is 3.68. The molecule has 1 amide bonds. The zero-order chi connectivity index (χ0) is 10.7. The van der Waals surface area contributed by atoms with Crippen molar-refractivity contribution in [2.75, 3.05) is 18.4 Å². The molecular formula is C9H14N4OS. The van der Waals surface area contributed by atoms with E-state index in [-0.39, 0.29) is 11.8 Å². The molecule has 5 nitrogen and oxygen atoms in total. The van der Waals surface area contributed by atoms with Crippen LogP contribution in [0.15, 0.2) is 0 Å². The molecule has 1 fully saturated rings. The highest BCUT2D eigenvalue weighted by molar-refractivity contribution is 7.09. The van der Waals surface area contributed by atoms with E-state index in [1.165, 1.54) is 11.5 Å². The van der Waals surface area contributed by atoms with E-state index in [1.54, 1.807) is 0 Å². The third kappa shape index (κ3) is 2.73. The summed E-state index contributed by atoms with van der Waals surface area (Å²) >= 11 is 1.23. The van der Waals surface area contributed by atoms with Crippen molar-refractivity contribution in [2.24, 2.45) is 5.92 Å². The first-order valence-electron chi connectivity index (χ1n) is 5.07. The number of piperidine rings is 1. The molecule has 1 aromatic rings. The van der Waals surface area contributed by atoms with Gasteiger partial charge in [0.2, 0.25) is 11.0 Å². The quantitative estimate of drug-likeness (QED) is 0.782. The third-order valence-electron chi connectivity index (χ3n) is 2.43. The lowest BCUT2D eigenvalue weighted by molar-refractivity contribution is -0.120. The topological polar surface area (TPSA) is 66.9 Å². The first kappa shape index (κ1) is 10.5. The first-order valence-corrected chi connectivity index (χ1v) is 5.85. The van der Waals surface area contributed by atoms with E-state index in [0.717, 1.165) is 25.9 Å². The van der Waals surface area contributed by atoms with Gasteiger partial charge in [0.05, 0.1) is 5.92 Å². The van der Waals surface area contributed by atoms with Gasteiger partial charge in [-0.1, -0.05) is 0 Å². The SMILES string of the molecule is Cc1nsc(NC(=O)[C@@H]2CCCNC2)n1. The lowest BCUT2D eigenvalue weighted by Crippen LogP contribution is -2.37. The predicted molar refractivity (Wildman–Crippen MR) is 58.9 cm³/mol. The van der Waals surface area contributed by atoms with Crippen LogP contribution < -0.4 is 10.6 Å². The second kappa shape index (κ2) is 4.67. The molecule has 15 heavy (non-hydrogen) atoms. The van der Waals surface area contributed by atoms with E-state index < -0.39 is 0 Å². The molecule has 0 aliphatic carbocycles. The Balaban J connectivity index is 1.91. The van der Waals surface area contributed by atoms with Crippen LogP contribution in [0.4, 0.5) is 5.13 Å². The van der Waals surface area contributed by atoms with Gasteiger partial charge in [-0.05, 0) is 26.3 Å². The van der Waals surface area contributed by atoms with Crippen molar-refractivity contribution in [2.45, 2.75) is 19.8 Å². The average molecular weight is 226 g/mol. The fourth-order valence-corrected chi connectivity index (χ4v) is 2.21. The summed E-state index contributed by atoms with van der Waals surface area (Å²) in [7, 11) is 0. The highest BCUT2D eigenvalue weighted by atomic mass is 32.1. The van der Waals surface area contributed by atoms with Crippen molar-refractivity contribution in [1.29, 1.82) is 0 Å². The fraction of sp³-hybridized carbons (Fsp3) is 0.667. The number of aryl methyl sites for hydroxylation is 1. The minimum atomic E-state index is 0.0540. The van der Waals surface area contributed by atoms with E-state index in [9.17, 15) is 4.79 Å². The first-order chi connectivity index (χ1) is 7.25. The fourth-order valence-electron chi connectivity index (χ4n) is 1.63. The Bertz CT molecular complexity index is 346. The van der Waals surface area contributed by atoms with Crippen LogP contribution in [0.5, 0.6) is 0 Å². The maximum atomic E-state index is 11.8. The lowest BCUT2D eigenvalue weighted by Gasteiger charge is -2.21. The minimum absolute atomic E-state index is 0.0540. The normalized spacial score (nSPS) is 21.3. The smallest absolute Gasteiger partial charge is 0.230 e. The van der Waals surface area contributed by atoms with Crippen LogP contribution in [0.3, 0.4) is 0 Å².